The molecule has 3 rings (SSSR count). The third-order valence-corrected chi connectivity index (χ3v) is 6.80. The number of ether oxygens (including phenoxy) is 1. The molecule has 0 saturated carbocycles. The Morgan fingerprint density at radius 3 is 2.11 bits per heavy atom. The summed E-state index contributed by atoms with van der Waals surface area (Å²) in [7, 11) is 0. The van der Waals surface area contributed by atoms with Crippen LogP contribution in [-0.4, -0.2) is 41.8 Å². The second-order valence-electron chi connectivity index (χ2n) is 9.28. The van der Waals surface area contributed by atoms with Crippen molar-refractivity contribution in [3.8, 4) is 11.1 Å². The van der Waals surface area contributed by atoms with Gasteiger partial charge in [-0.05, 0) is 34.6 Å². The zero-order valence-corrected chi connectivity index (χ0v) is 20.8. The number of rotatable bonds is 12. The molecule has 0 heterocycles. The van der Waals surface area contributed by atoms with E-state index in [2.05, 4.69) is 34.9 Å². The largest absolute Gasteiger partial charge is 0.480 e. The van der Waals surface area contributed by atoms with Gasteiger partial charge in [-0.1, -0.05) is 88.6 Å². The third-order valence-electron chi connectivity index (χ3n) is 6.80. The molecule has 35 heavy (non-hydrogen) atoms. The van der Waals surface area contributed by atoms with Crippen molar-refractivity contribution in [1.29, 1.82) is 0 Å². The minimum atomic E-state index is -1.05. The topological polar surface area (TPSA) is 105 Å². The number of unbranched alkanes of at least 4 members (excludes halogenated alkanes) is 1. The van der Waals surface area contributed by atoms with Crippen molar-refractivity contribution in [3.05, 3.63) is 59.7 Å². The van der Waals surface area contributed by atoms with Crippen LogP contribution in [0.4, 0.5) is 4.79 Å². The molecule has 2 aromatic rings. The van der Waals surface area contributed by atoms with Crippen LogP contribution in [0.3, 0.4) is 0 Å². The standard InChI is InChI=1S/C28H36N2O5/c1-4-6-11-19(16-25(31)30-26(27(32)33)18(3)5-2)29-28(34)35-17-24-22-14-9-7-12-20(22)21-13-8-10-15-23(21)24/h7-10,12-15,18-19,24,26H,4-6,11,16-17H2,1-3H3,(H,29,34)(H,30,31)(H,32,33)/t18-,19-,26-/m0/s1. The number of benzene rings is 2. The highest BCUT2D eigenvalue weighted by molar-refractivity contribution is 5.84. The first kappa shape index (κ1) is 26.3. The quantitative estimate of drug-likeness (QED) is 0.392. The number of carbonyl (C=O) groups is 3. The normalized spacial score (nSPS) is 14.8. The van der Waals surface area contributed by atoms with Crippen LogP contribution in [0, 0.1) is 5.92 Å². The van der Waals surface area contributed by atoms with E-state index in [0.717, 1.165) is 35.1 Å². The minimum Gasteiger partial charge on any atom is -0.480 e. The number of carboxylic acids is 1. The van der Waals surface area contributed by atoms with Crippen LogP contribution in [0.25, 0.3) is 11.1 Å². The predicted molar refractivity (Wildman–Crippen MR) is 135 cm³/mol. The fraction of sp³-hybridized carbons (Fsp3) is 0.464. The summed E-state index contributed by atoms with van der Waals surface area (Å²) >= 11 is 0. The van der Waals surface area contributed by atoms with Gasteiger partial charge in [0.25, 0.3) is 0 Å². The van der Waals surface area contributed by atoms with Crippen LogP contribution in [0.1, 0.15) is 69.9 Å². The molecule has 7 heteroatoms. The molecule has 0 saturated heterocycles. The summed E-state index contributed by atoms with van der Waals surface area (Å²) < 4.78 is 5.63. The Bertz CT molecular complexity index is 992. The molecule has 3 N–H and O–H groups in total. The Balaban J connectivity index is 1.61. The van der Waals surface area contributed by atoms with Gasteiger partial charge < -0.3 is 20.5 Å². The van der Waals surface area contributed by atoms with E-state index in [9.17, 15) is 19.5 Å². The van der Waals surface area contributed by atoms with E-state index >= 15 is 0 Å². The van der Waals surface area contributed by atoms with Gasteiger partial charge in [0, 0.05) is 18.4 Å². The Morgan fingerprint density at radius 2 is 1.57 bits per heavy atom. The third kappa shape index (κ3) is 6.62. The number of nitrogens with one attached hydrogen (secondary N) is 2. The fourth-order valence-corrected chi connectivity index (χ4v) is 4.62. The second-order valence-corrected chi connectivity index (χ2v) is 9.28. The molecule has 7 nitrogen and oxygen atoms in total. The number of amides is 2. The van der Waals surface area contributed by atoms with Gasteiger partial charge in [0.1, 0.15) is 12.6 Å². The highest BCUT2D eigenvalue weighted by Gasteiger charge is 2.30. The smallest absolute Gasteiger partial charge is 0.407 e. The van der Waals surface area contributed by atoms with Crippen molar-refractivity contribution >= 4 is 18.0 Å². The first-order chi connectivity index (χ1) is 16.8. The monoisotopic (exact) mass is 480 g/mol. The zero-order chi connectivity index (χ0) is 25.4. The summed E-state index contributed by atoms with van der Waals surface area (Å²) in [6.07, 6.45) is 2.41. The Labute approximate surface area is 207 Å². The predicted octanol–water partition coefficient (Wildman–Crippen LogP) is 5.09. The number of fused-ring (bicyclic) bond motifs is 3. The highest BCUT2D eigenvalue weighted by Crippen LogP contribution is 2.44. The molecule has 188 valence electrons. The Morgan fingerprint density at radius 1 is 0.971 bits per heavy atom. The maximum atomic E-state index is 12.7. The van der Waals surface area contributed by atoms with Crippen LogP contribution in [0.5, 0.6) is 0 Å². The lowest BCUT2D eigenvalue weighted by atomic mass is 9.98. The maximum Gasteiger partial charge on any atom is 0.407 e. The average molecular weight is 481 g/mol. The van der Waals surface area contributed by atoms with Gasteiger partial charge in [-0.25, -0.2) is 9.59 Å². The minimum absolute atomic E-state index is 0.00437. The summed E-state index contributed by atoms with van der Waals surface area (Å²) in [4.78, 5) is 36.9. The van der Waals surface area contributed by atoms with Crippen LogP contribution in [-0.2, 0) is 14.3 Å². The Kier molecular flexibility index (Phi) is 9.29. The van der Waals surface area contributed by atoms with Gasteiger partial charge in [-0.2, -0.15) is 0 Å². The maximum absolute atomic E-state index is 12.7. The van der Waals surface area contributed by atoms with E-state index in [1.807, 2.05) is 38.1 Å². The van der Waals surface area contributed by atoms with E-state index in [-0.39, 0.29) is 24.9 Å². The van der Waals surface area contributed by atoms with Crippen LogP contribution in [0.15, 0.2) is 48.5 Å². The molecule has 1 aliphatic carbocycles. The van der Waals surface area contributed by atoms with E-state index in [1.54, 1.807) is 6.92 Å². The summed E-state index contributed by atoms with van der Waals surface area (Å²) in [5, 5.41) is 14.9. The average Bonchev–Trinajstić information content (AvgIpc) is 3.17. The molecule has 2 amide bonds. The van der Waals surface area contributed by atoms with Crippen molar-refractivity contribution in [3.63, 3.8) is 0 Å². The second kappa shape index (κ2) is 12.4. The van der Waals surface area contributed by atoms with E-state index in [1.165, 1.54) is 0 Å². The molecule has 0 spiro atoms. The van der Waals surface area contributed by atoms with Crippen molar-refractivity contribution in [2.24, 2.45) is 5.92 Å². The van der Waals surface area contributed by atoms with Crippen molar-refractivity contribution in [2.75, 3.05) is 6.61 Å². The van der Waals surface area contributed by atoms with E-state index in [0.29, 0.717) is 12.8 Å². The summed E-state index contributed by atoms with van der Waals surface area (Å²) in [6.45, 7) is 5.91. The summed E-state index contributed by atoms with van der Waals surface area (Å²) in [5.74, 6) is -1.68. The van der Waals surface area contributed by atoms with Gasteiger partial charge in [0.15, 0.2) is 0 Å². The molecule has 1 aliphatic rings. The molecule has 0 unspecified atom stereocenters. The fourth-order valence-electron chi connectivity index (χ4n) is 4.62. The number of hydrogen-bond donors (Lipinski definition) is 3. The molecule has 2 aromatic carbocycles. The first-order valence-corrected chi connectivity index (χ1v) is 12.5. The van der Waals surface area contributed by atoms with Gasteiger partial charge in [0.2, 0.25) is 5.91 Å². The molecule has 0 bridgehead atoms. The SMILES string of the molecule is CCCC[C@@H](CC(=O)N[C@H](C(=O)O)[C@@H](C)CC)NC(=O)OCC1c2ccccc2-c2ccccc21. The molecular weight excluding hydrogens is 444 g/mol. The Hall–Kier alpha value is -3.35. The van der Waals surface area contributed by atoms with Crippen LogP contribution < -0.4 is 10.6 Å². The van der Waals surface area contributed by atoms with E-state index < -0.39 is 30.1 Å². The van der Waals surface area contributed by atoms with Crippen molar-refractivity contribution in [2.45, 2.75) is 70.9 Å². The number of aliphatic carboxylic acids is 1. The van der Waals surface area contributed by atoms with Crippen molar-refractivity contribution in [1.82, 2.24) is 10.6 Å². The molecule has 0 radical (unpaired) electrons. The summed E-state index contributed by atoms with van der Waals surface area (Å²) in [6, 6.07) is 14.9. The molecular formula is C28H36N2O5. The number of alkyl carbamates (subject to hydrolysis) is 1. The lowest BCUT2D eigenvalue weighted by Gasteiger charge is -2.23. The van der Waals surface area contributed by atoms with Crippen LogP contribution >= 0.6 is 0 Å². The van der Waals surface area contributed by atoms with Gasteiger partial charge in [0.05, 0.1) is 0 Å². The highest BCUT2D eigenvalue weighted by atomic mass is 16.5. The number of carbonyl (C=O) groups excluding carboxylic acids is 2. The number of carboxylic acid groups (broad SMARTS) is 1. The van der Waals surface area contributed by atoms with Gasteiger partial charge in [-0.3, -0.25) is 4.79 Å². The molecule has 0 fully saturated rings. The van der Waals surface area contributed by atoms with Crippen molar-refractivity contribution < 1.29 is 24.2 Å². The van der Waals surface area contributed by atoms with Gasteiger partial charge in [-0.15, -0.1) is 0 Å². The zero-order valence-electron chi connectivity index (χ0n) is 20.8. The lowest BCUT2D eigenvalue weighted by Crippen LogP contribution is -2.47. The first-order valence-electron chi connectivity index (χ1n) is 12.5. The molecule has 3 atom stereocenters. The van der Waals surface area contributed by atoms with Crippen LogP contribution in [0.2, 0.25) is 0 Å². The number of hydrogen-bond acceptors (Lipinski definition) is 4. The molecule has 0 aromatic heterocycles. The lowest BCUT2D eigenvalue weighted by molar-refractivity contribution is -0.143. The van der Waals surface area contributed by atoms with E-state index in [4.69, 9.17) is 4.74 Å². The molecule has 0 aliphatic heterocycles. The summed E-state index contributed by atoms with van der Waals surface area (Å²) in [5.41, 5.74) is 4.58. The van der Waals surface area contributed by atoms with Gasteiger partial charge >= 0.3 is 12.1 Å².